The van der Waals surface area contributed by atoms with Crippen LogP contribution in [-0.4, -0.2) is 15.2 Å². The lowest BCUT2D eigenvalue weighted by Crippen LogP contribution is -1.91. The quantitative estimate of drug-likeness (QED) is 0.351. The van der Waals surface area contributed by atoms with Gasteiger partial charge in [0.15, 0.2) is 5.65 Å². The minimum absolute atomic E-state index is 0.620. The fourth-order valence-corrected chi connectivity index (χ4v) is 2.68. The minimum atomic E-state index is 0.620. The van der Waals surface area contributed by atoms with Gasteiger partial charge in [0, 0.05) is 26.2 Å². The van der Waals surface area contributed by atoms with E-state index in [-0.39, 0.29) is 0 Å². The maximum absolute atomic E-state index is 6.04. The smallest absolute Gasteiger partial charge is 0.183 e. The average molecular weight is 300 g/mol. The molecule has 0 fully saturated rings. The van der Waals surface area contributed by atoms with Gasteiger partial charge in [-0.15, -0.1) is 10.2 Å². The second-order valence-electron chi connectivity index (χ2n) is 4.56. The van der Waals surface area contributed by atoms with Crippen molar-refractivity contribution >= 4 is 56.0 Å². The van der Waals surface area contributed by atoms with Crippen LogP contribution in [0.1, 0.15) is 0 Å². The molecule has 2 heterocycles. The van der Waals surface area contributed by atoms with Crippen LogP contribution in [-0.2, 0) is 0 Å². The average Bonchev–Trinajstić information content (AvgIpc) is 2.44. The molecule has 0 radical (unpaired) electrons. The van der Waals surface area contributed by atoms with Gasteiger partial charge < -0.3 is 0 Å². The molecule has 0 N–H and O–H groups in total. The van der Waals surface area contributed by atoms with Crippen molar-refractivity contribution in [3.8, 4) is 0 Å². The highest BCUT2D eigenvalue weighted by Gasteiger charge is 2.07. The number of hydrogen-bond donors (Lipinski definition) is 0. The van der Waals surface area contributed by atoms with Crippen LogP contribution in [0.5, 0.6) is 0 Å². The van der Waals surface area contributed by atoms with E-state index in [2.05, 4.69) is 15.2 Å². The summed E-state index contributed by atoms with van der Waals surface area (Å²) in [5.41, 5.74) is 2.23. The van der Waals surface area contributed by atoms with Crippen molar-refractivity contribution in [2.45, 2.75) is 0 Å². The highest BCUT2D eigenvalue weighted by Crippen LogP contribution is 2.27. The number of hydrogen-bond acceptors (Lipinski definition) is 3. The van der Waals surface area contributed by atoms with Gasteiger partial charge in [0.25, 0.3) is 0 Å². The summed E-state index contributed by atoms with van der Waals surface area (Å²) in [6.45, 7) is 0. The van der Waals surface area contributed by atoms with E-state index in [4.69, 9.17) is 23.2 Å². The number of benzene rings is 2. The Morgan fingerprint density at radius 2 is 1.50 bits per heavy atom. The molecule has 5 heteroatoms. The SMILES string of the molecule is Clc1ccc2nc3nnc4cc(Cl)ccc4c3cc2c1. The molecule has 4 aromatic rings. The van der Waals surface area contributed by atoms with Crippen molar-refractivity contribution < 1.29 is 0 Å². The Kier molecular flexibility index (Phi) is 2.52. The van der Waals surface area contributed by atoms with Crippen molar-refractivity contribution in [1.82, 2.24) is 15.2 Å². The summed E-state index contributed by atoms with van der Waals surface area (Å²) in [4.78, 5) is 4.53. The molecule has 4 rings (SSSR count). The van der Waals surface area contributed by atoms with Gasteiger partial charge in [-0.2, -0.15) is 0 Å². The third-order valence-electron chi connectivity index (χ3n) is 3.26. The predicted molar refractivity (Wildman–Crippen MR) is 82.4 cm³/mol. The van der Waals surface area contributed by atoms with E-state index in [9.17, 15) is 0 Å². The van der Waals surface area contributed by atoms with Crippen LogP contribution in [0.2, 0.25) is 10.0 Å². The molecule has 0 aliphatic heterocycles. The summed E-state index contributed by atoms with van der Waals surface area (Å²) >= 11 is 12.0. The highest BCUT2D eigenvalue weighted by molar-refractivity contribution is 6.32. The fourth-order valence-electron chi connectivity index (χ4n) is 2.33. The Bertz CT molecular complexity index is 983. The molecule has 2 aromatic heterocycles. The third kappa shape index (κ3) is 1.79. The zero-order valence-corrected chi connectivity index (χ0v) is 11.7. The Morgan fingerprint density at radius 3 is 2.40 bits per heavy atom. The summed E-state index contributed by atoms with van der Waals surface area (Å²) in [6, 6.07) is 13.2. The second kappa shape index (κ2) is 4.27. The van der Waals surface area contributed by atoms with Crippen molar-refractivity contribution in [1.29, 1.82) is 0 Å². The second-order valence-corrected chi connectivity index (χ2v) is 5.43. The van der Waals surface area contributed by atoms with Crippen LogP contribution in [0.3, 0.4) is 0 Å². The van der Waals surface area contributed by atoms with Gasteiger partial charge in [-0.05, 0) is 36.4 Å². The standard InChI is InChI=1S/C15H7Cl2N3/c16-9-2-4-13-8(5-9)6-12-11-3-1-10(17)7-14(11)19-20-15(12)18-13/h1-7H. The zero-order valence-electron chi connectivity index (χ0n) is 10.1. The van der Waals surface area contributed by atoms with Gasteiger partial charge in [0.2, 0.25) is 0 Å². The first kappa shape index (κ1) is 11.8. The summed E-state index contributed by atoms with van der Waals surface area (Å²) in [6.07, 6.45) is 0. The van der Waals surface area contributed by atoms with Gasteiger partial charge in [0.1, 0.15) is 0 Å². The van der Waals surface area contributed by atoms with E-state index in [1.807, 2.05) is 36.4 Å². The van der Waals surface area contributed by atoms with Crippen molar-refractivity contribution in [3.63, 3.8) is 0 Å². The van der Waals surface area contributed by atoms with E-state index >= 15 is 0 Å². The maximum atomic E-state index is 6.04. The lowest BCUT2D eigenvalue weighted by atomic mass is 10.1. The molecule has 0 bridgehead atoms. The van der Waals surface area contributed by atoms with E-state index in [1.165, 1.54) is 0 Å². The highest BCUT2D eigenvalue weighted by atomic mass is 35.5. The molecular weight excluding hydrogens is 293 g/mol. The summed E-state index contributed by atoms with van der Waals surface area (Å²) in [5.74, 6) is 0. The Hall–Kier alpha value is -1.97. The molecule has 0 aliphatic rings. The number of fused-ring (bicyclic) bond motifs is 4. The van der Waals surface area contributed by atoms with Gasteiger partial charge in [0.05, 0.1) is 11.0 Å². The van der Waals surface area contributed by atoms with Crippen molar-refractivity contribution in [2.75, 3.05) is 0 Å². The van der Waals surface area contributed by atoms with E-state index < -0.39 is 0 Å². The molecule has 0 saturated carbocycles. The zero-order chi connectivity index (χ0) is 13.7. The molecule has 0 amide bonds. The van der Waals surface area contributed by atoms with Crippen molar-refractivity contribution in [3.05, 3.63) is 52.5 Å². The normalized spacial score (nSPS) is 11.5. The first-order valence-electron chi connectivity index (χ1n) is 6.03. The molecule has 20 heavy (non-hydrogen) atoms. The van der Waals surface area contributed by atoms with Crippen LogP contribution in [0.25, 0.3) is 32.8 Å². The van der Waals surface area contributed by atoms with Gasteiger partial charge in [-0.1, -0.05) is 29.3 Å². The maximum Gasteiger partial charge on any atom is 0.183 e. The summed E-state index contributed by atoms with van der Waals surface area (Å²) in [5, 5.41) is 12.6. The molecule has 2 aromatic carbocycles. The van der Waals surface area contributed by atoms with E-state index in [1.54, 1.807) is 6.07 Å². The number of rotatable bonds is 0. The molecule has 0 spiro atoms. The lowest BCUT2D eigenvalue weighted by Gasteiger charge is -2.04. The first-order chi connectivity index (χ1) is 9.70. The van der Waals surface area contributed by atoms with E-state index in [0.29, 0.717) is 15.7 Å². The summed E-state index contributed by atoms with van der Waals surface area (Å²) in [7, 11) is 0. The van der Waals surface area contributed by atoms with Crippen LogP contribution in [0.4, 0.5) is 0 Å². The minimum Gasteiger partial charge on any atom is -0.226 e. The largest absolute Gasteiger partial charge is 0.226 e. The Balaban J connectivity index is 2.19. The predicted octanol–water partition coefficient (Wildman–Crippen LogP) is 4.64. The van der Waals surface area contributed by atoms with Gasteiger partial charge >= 0.3 is 0 Å². The lowest BCUT2D eigenvalue weighted by molar-refractivity contribution is 1.10. The first-order valence-corrected chi connectivity index (χ1v) is 6.78. The summed E-state index contributed by atoms with van der Waals surface area (Å²) < 4.78 is 0. The monoisotopic (exact) mass is 299 g/mol. The number of halogens is 2. The van der Waals surface area contributed by atoms with Gasteiger partial charge in [-0.3, -0.25) is 0 Å². The number of aromatic nitrogens is 3. The molecule has 3 nitrogen and oxygen atoms in total. The molecule has 0 atom stereocenters. The molecule has 96 valence electrons. The number of nitrogens with zero attached hydrogens (tertiary/aromatic N) is 3. The van der Waals surface area contributed by atoms with Crippen LogP contribution < -0.4 is 0 Å². The third-order valence-corrected chi connectivity index (χ3v) is 3.73. The van der Waals surface area contributed by atoms with E-state index in [0.717, 1.165) is 27.2 Å². The number of pyridine rings is 1. The Labute approximate surface area is 124 Å². The molecule has 0 saturated heterocycles. The Morgan fingerprint density at radius 1 is 0.700 bits per heavy atom. The molecular formula is C15H7Cl2N3. The fraction of sp³-hybridized carbons (Fsp3) is 0. The van der Waals surface area contributed by atoms with Gasteiger partial charge in [-0.25, -0.2) is 4.98 Å². The molecule has 0 unspecified atom stereocenters. The van der Waals surface area contributed by atoms with Crippen LogP contribution in [0, 0.1) is 0 Å². The van der Waals surface area contributed by atoms with Crippen LogP contribution >= 0.6 is 23.2 Å². The van der Waals surface area contributed by atoms with Crippen LogP contribution in [0.15, 0.2) is 42.5 Å². The molecule has 0 aliphatic carbocycles. The van der Waals surface area contributed by atoms with Crippen molar-refractivity contribution in [2.24, 2.45) is 0 Å². The topological polar surface area (TPSA) is 38.7 Å².